The summed E-state index contributed by atoms with van der Waals surface area (Å²) in [6.45, 7) is 14.3. The Bertz CT molecular complexity index is 1980. The lowest BCUT2D eigenvalue weighted by molar-refractivity contribution is -0.161. The van der Waals surface area contributed by atoms with Crippen molar-refractivity contribution in [2.45, 2.75) is 440 Å². The summed E-state index contributed by atoms with van der Waals surface area (Å²) in [5.74, 6) is 1.02. The molecule has 3 N–H and O–H groups in total. The molecule has 0 aliphatic rings. The predicted octanol–water partition coefficient (Wildman–Crippen LogP) is 24.4. The summed E-state index contributed by atoms with van der Waals surface area (Å²) in [5.41, 5.74) is 0. The Morgan fingerprint density at radius 3 is 0.703 bits per heavy atom. The molecule has 17 nitrogen and oxygen atoms in total. The SMILES string of the molecule is CCC(C)CCCCCCCCCCCCCCCCCCCCC(=O)OC[C@H](COP(=O)(O)OC[C@@H](O)COP(=O)(O)OC[C@@H](COC(=O)CCCCCCCCC(C)C)OC(=O)CCCCCCCCCCCCCCCCC(C)CC)OC(=O)CCCCCCCCCCCC(C)C. The third kappa shape index (κ3) is 73.4. The van der Waals surface area contributed by atoms with Crippen molar-refractivity contribution in [3.8, 4) is 0 Å². The Hall–Kier alpha value is -1.94. The standard InChI is InChI=1S/C82H160O17P2/c1-9-74(7)60-52-44-35-29-23-19-15-13-11-12-14-16-21-25-31-37-46-54-62-79(84)92-68-77(98-82(87)65-57-49-39-33-27-28-34-42-50-58-72(3)4)70-96-100(88,89)94-66-76(83)67-95-101(90,91)97-71-78(69-93-80(85)63-55-47-41-40-43-51-59-73(5)6)99-81(86)64-56-48-38-32-26-22-18-17-20-24-30-36-45-53-61-75(8)10-2/h72-78,83H,9-71H2,1-8H3,(H,88,89)(H,90,91)/t74?,75?,76-,77-,78-/m1/s1. The van der Waals surface area contributed by atoms with Crippen LogP contribution in [0.3, 0.4) is 0 Å². The first kappa shape index (κ1) is 99.1. The summed E-state index contributed by atoms with van der Waals surface area (Å²) in [6, 6.07) is 0. The van der Waals surface area contributed by atoms with Crippen molar-refractivity contribution in [1.29, 1.82) is 0 Å². The van der Waals surface area contributed by atoms with Gasteiger partial charge >= 0.3 is 39.5 Å². The number of esters is 4. The lowest BCUT2D eigenvalue weighted by atomic mass is 9.99. The van der Waals surface area contributed by atoms with E-state index in [9.17, 15) is 43.2 Å². The van der Waals surface area contributed by atoms with Gasteiger partial charge in [-0.2, -0.15) is 0 Å². The summed E-state index contributed by atoms with van der Waals surface area (Å²) in [5, 5.41) is 10.6. The van der Waals surface area contributed by atoms with Crippen LogP contribution in [0.5, 0.6) is 0 Å². The number of carbonyl (C=O) groups excluding carboxylic acids is 4. The van der Waals surface area contributed by atoms with E-state index in [1.165, 1.54) is 218 Å². The second-order valence-corrected chi connectivity index (χ2v) is 33.9. The minimum Gasteiger partial charge on any atom is -0.462 e. The molecule has 0 saturated heterocycles. The van der Waals surface area contributed by atoms with Gasteiger partial charge in [-0.3, -0.25) is 37.3 Å². The van der Waals surface area contributed by atoms with Gasteiger partial charge in [0.2, 0.25) is 0 Å². The number of hydrogen-bond donors (Lipinski definition) is 3. The molecule has 0 spiro atoms. The molecule has 0 aliphatic heterocycles. The van der Waals surface area contributed by atoms with Gasteiger partial charge in [0.25, 0.3) is 0 Å². The van der Waals surface area contributed by atoms with Crippen molar-refractivity contribution >= 4 is 39.5 Å². The van der Waals surface area contributed by atoms with Gasteiger partial charge in [0.1, 0.15) is 19.3 Å². The Morgan fingerprint density at radius 2 is 0.475 bits per heavy atom. The van der Waals surface area contributed by atoms with Crippen LogP contribution in [-0.2, 0) is 65.4 Å². The molecule has 0 aromatic rings. The highest BCUT2D eigenvalue weighted by Crippen LogP contribution is 2.45. The first-order valence-corrected chi connectivity index (χ1v) is 45.3. The van der Waals surface area contributed by atoms with Crippen LogP contribution in [0.15, 0.2) is 0 Å². The summed E-state index contributed by atoms with van der Waals surface area (Å²) in [4.78, 5) is 73.0. The molecular formula is C82H160O17P2. The van der Waals surface area contributed by atoms with E-state index < -0.39 is 97.5 Å². The van der Waals surface area contributed by atoms with Crippen LogP contribution >= 0.6 is 15.6 Å². The molecule has 0 radical (unpaired) electrons. The molecule has 19 heteroatoms. The third-order valence-corrected chi connectivity index (χ3v) is 21.7. The van der Waals surface area contributed by atoms with Crippen LogP contribution in [-0.4, -0.2) is 96.7 Å². The third-order valence-electron chi connectivity index (χ3n) is 19.8. The van der Waals surface area contributed by atoms with Crippen LogP contribution in [0.1, 0.15) is 421 Å². The van der Waals surface area contributed by atoms with E-state index in [0.29, 0.717) is 31.6 Å². The van der Waals surface area contributed by atoms with Crippen molar-refractivity contribution in [3.63, 3.8) is 0 Å². The van der Waals surface area contributed by atoms with Crippen molar-refractivity contribution < 1.29 is 80.2 Å². The van der Waals surface area contributed by atoms with Gasteiger partial charge in [-0.15, -0.1) is 0 Å². The van der Waals surface area contributed by atoms with Crippen molar-refractivity contribution in [2.24, 2.45) is 23.7 Å². The number of unbranched alkanes of at least 4 members (excludes halogenated alkanes) is 43. The minimum absolute atomic E-state index is 0.105. The number of hydrogen-bond acceptors (Lipinski definition) is 15. The van der Waals surface area contributed by atoms with E-state index in [1.54, 1.807) is 0 Å². The molecular weight excluding hydrogens is 1320 g/mol. The Kier molecular flexibility index (Phi) is 69.6. The second kappa shape index (κ2) is 71.0. The summed E-state index contributed by atoms with van der Waals surface area (Å²) in [6.07, 6.45) is 58.5. The Morgan fingerprint density at radius 1 is 0.277 bits per heavy atom. The van der Waals surface area contributed by atoms with Gasteiger partial charge in [-0.25, -0.2) is 9.13 Å². The number of aliphatic hydroxyl groups excluding tert-OH is 1. The van der Waals surface area contributed by atoms with E-state index in [1.807, 2.05) is 0 Å². The highest BCUT2D eigenvalue weighted by Gasteiger charge is 2.30. The van der Waals surface area contributed by atoms with E-state index in [0.717, 1.165) is 114 Å². The number of rotatable bonds is 79. The maximum absolute atomic E-state index is 13.1. The zero-order valence-corrected chi connectivity index (χ0v) is 68.3. The van der Waals surface area contributed by atoms with Gasteiger partial charge in [0.05, 0.1) is 26.4 Å². The smallest absolute Gasteiger partial charge is 0.462 e. The summed E-state index contributed by atoms with van der Waals surface area (Å²) < 4.78 is 68.7. The number of ether oxygens (including phenoxy) is 4. The van der Waals surface area contributed by atoms with Crippen LogP contribution in [0.2, 0.25) is 0 Å². The molecule has 600 valence electrons. The lowest BCUT2D eigenvalue weighted by Gasteiger charge is -2.21. The average Bonchev–Trinajstić information content (AvgIpc) is 0.964. The quantitative estimate of drug-likeness (QED) is 0.0222. The molecule has 0 rings (SSSR count). The molecule has 0 aromatic heterocycles. The predicted molar refractivity (Wildman–Crippen MR) is 414 cm³/mol. The molecule has 7 atom stereocenters. The summed E-state index contributed by atoms with van der Waals surface area (Å²) in [7, 11) is -9.92. The van der Waals surface area contributed by atoms with E-state index in [2.05, 4.69) is 55.4 Å². The molecule has 0 saturated carbocycles. The van der Waals surface area contributed by atoms with Gasteiger partial charge in [0, 0.05) is 25.7 Å². The molecule has 0 aromatic carbocycles. The van der Waals surface area contributed by atoms with Gasteiger partial charge in [-0.1, -0.05) is 370 Å². The summed E-state index contributed by atoms with van der Waals surface area (Å²) >= 11 is 0. The largest absolute Gasteiger partial charge is 0.472 e. The Balaban J connectivity index is 5.15. The first-order valence-electron chi connectivity index (χ1n) is 42.3. The topological polar surface area (TPSA) is 237 Å². The number of aliphatic hydroxyl groups is 1. The fourth-order valence-corrected chi connectivity index (χ4v) is 14.1. The van der Waals surface area contributed by atoms with Crippen molar-refractivity contribution in [2.75, 3.05) is 39.6 Å². The van der Waals surface area contributed by atoms with Crippen LogP contribution in [0, 0.1) is 23.7 Å². The van der Waals surface area contributed by atoms with E-state index in [4.69, 9.17) is 37.0 Å². The molecule has 0 bridgehead atoms. The monoisotopic (exact) mass is 1480 g/mol. The molecule has 0 fully saturated rings. The Labute approximate surface area is 619 Å². The van der Waals surface area contributed by atoms with Crippen LogP contribution in [0.4, 0.5) is 0 Å². The molecule has 4 unspecified atom stereocenters. The van der Waals surface area contributed by atoms with Gasteiger partial charge in [0.15, 0.2) is 12.2 Å². The van der Waals surface area contributed by atoms with Crippen LogP contribution in [0.25, 0.3) is 0 Å². The molecule has 101 heavy (non-hydrogen) atoms. The highest BCUT2D eigenvalue weighted by molar-refractivity contribution is 7.47. The zero-order chi connectivity index (χ0) is 74.6. The number of phosphoric acid groups is 2. The highest BCUT2D eigenvalue weighted by atomic mass is 31.2. The maximum Gasteiger partial charge on any atom is 0.472 e. The number of carbonyl (C=O) groups is 4. The molecule has 0 aliphatic carbocycles. The normalized spacial score (nSPS) is 14.5. The van der Waals surface area contributed by atoms with Crippen molar-refractivity contribution in [3.05, 3.63) is 0 Å². The second-order valence-electron chi connectivity index (χ2n) is 31.0. The minimum atomic E-state index is -4.96. The van der Waals surface area contributed by atoms with E-state index >= 15 is 0 Å². The van der Waals surface area contributed by atoms with Crippen LogP contribution < -0.4 is 0 Å². The molecule has 0 amide bonds. The van der Waals surface area contributed by atoms with Gasteiger partial charge in [-0.05, 0) is 49.4 Å². The fourth-order valence-electron chi connectivity index (χ4n) is 12.5. The maximum atomic E-state index is 13.1. The van der Waals surface area contributed by atoms with E-state index in [-0.39, 0.29) is 25.7 Å². The molecule has 0 heterocycles. The first-order chi connectivity index (χ1) is 48.7. The average molecular weight is 1480 g/mol. The number of phosphoric ester groups is 2. The fraction of sp³-hybridized carbons (Fsp3) is 0.951. The lowest BCUT2D eigenvalue weighted by Crippen LogP contribution is -2.30. The van der Waals surface area contributed by atoms with Gasteiger partial charge < -0.3 is 33.8 Å². The van der Waals surface area contributed by atoms with Crippen molar-refractivity contribution in [1.82, 2.24) is 0 Å². The zero-order valence-electron chi connectivity index (χ0n) is 66.5.